The second-order valence-electron chi connectivity index (χ2n) is 4.66. The van der Waals surface area contributed by atoms with E-state index in [2.05, 4.69) is 11.8 Å². The van der Waals surface area contributed by atoms with Gasteiger partial charge in [0.25, 0.3) is 0 Å². The van der Waals surface area contributed by atoms with Crippen molar-refractivity contribution in [3.63, 3.8) is 0 Å². The zero-order valence-electron chi connectivity index (χ0n) is 11.7. The summed E-state index contributed by atoms with van der Waals surface area (Å²) in [6.07, 6.45) is 0. The van der Waals surface area contributed by atoms with Gasteiger partial charge < -0.3 is 10.6 Å². The van der Waals surface area contributed by atoms with E-state index in [1.807, 2.05) is 0 Å². The van der Waals surface area contributed by atoms with E-state index in [0.717, 1.165) is 0 Å². The van der Waals surface area contributed by atoms with Crippen LogP contribution < -0.4 is 5.73 Å². The fourth-order valence-electron chi connectivity index (χ4n) is 2.02. The molecule has 0 radical (unpaired) electrons. The maximum atomic E-state index is 12.7. The van der Waals surface area contributed by atoms with Crippen molar-refractivity contribution in [3.05, 3.63) is 29.8 Å². The number of carbonyl (C=O) groups is 1. The molecule has 21 heavy (non-hydrogen) atoms. The highest BCUT2D eigenvalue weighted by atomic mass is 32.2. The van der Waals surface area contributed by atoms with Gasteiger partial charge in [0.15, 0.2) is 0 Å². The Morgan fingerprint density at radius 2 is 2.00 bits per heavy atom. The van der Waals surface area contributed by atoms with E-state index in [9.17, 15) is 13.2 Å². The lowest BCUT2D eigenvalue weighted by Crippen LogP contribution is -2.50. The Kier molecular flexibility index (Phi) is 4.63. The predicted octanol–water partition coefficient (Wildman–Crippen LogP) is -0.540. The Labute approximate surface area is 124 Å². The van der Waals surface area contributed by atoms with Gasteiger partial charge in [-0.25, -0.2) is 8.42 Å². The quantitative estimate of drug-likeness (QED) is 0.744. The lowest BCUT2D eigenvalue weighted by molar-refractivity contribution is -0.132. The minimum absolute atomic E-state index is 0.114. The Hall–Kier alpha value is -1.88. The molecule has 1 aromatic rings. The van der Waals surface area contributed by atoms with Crippen molar-refractivity contribution in [1.29, 1.82) is 0 Å². The smallest absolute Gasteiger partial charge is 0.244 e. The first-order valence-electron chi connectivity index (χ1n) is 6.49. The van der Waals surface area contributed by atoms with Crippen LogP contribution in [0.15, 0.2) is 29.2 Å². The van der Waals surface area contributed by atoms with Crippen LogP contribution in [0.3, 0.4) is 0 Å². The first-order chi connectivity index (χ1) is 9.96. The topological polar surface area (TPSA) is 83.7 Å². The third-order valence-corrected chi connectivity index (χ3v) is 5.16. The highest BCUT2D eigenvalue weighted by molar-refractivity contribution is 7.89. The fourth-order valence-corrected chi connectivity index (χ4v) is 3.55. The predicted molar refractivity (Wildman–Crippen MR) is 78.8 cm³/mol. The third kappa shape index (κ3) is 3.24. The molecule has 2 rings (SSSR count). The summed E-state index contributed by atoms with van der Waals surface area (Å²) in [5, 5.41) is 0. The van der Waals surface area contributed by atoms with Crippen LogP contribution in [0, 0.1) is 11.8 Å². The van der Waals surface area contributed by atoms with Gasteiger partial charge in [0.2, 0.25) is 15.9 Å². The van der Waals surface area contributed by atoms with E-state index in [1.54, 1.807) is 25.2 Å². The number of hydrogen-bond donors (Lipinski definition) is 1. The molecule has 0 aliphatic carbocycles. The van der Waals surface area contributed by atoms with E-state index in [1.165, 1.54) is 15.3 Å². The number of hydrogen-bond acceptors (Lipinski definition) is 4. The molecule has 1 heterocycles. The molecule has 1 saturated heterocycles. The van der Waals surface area contributed by atoms with E-state index in [-0.39, 0.29) is 30.4 Å². The van der Waals surface area contributed by atoms with Crippen LogP contribution in [-0.2, 0) is 14.8 Å². The van der Waals surface area contributed by atoms with Crippen LogP contribution >= 0.6 is 0 Å². The molecule has 1 aliphatic rings. The number of piperazine rings is 1. The molecule has 1 aromatic carbocycles. The number of sulfonamides is 1. The van der Waals surface area contributed by atoms with Crippen molar-refractivity contribution in [2.75, 3.05) is 33.2 Å². The van der Waals surface area contributed by atoms with Crippen LogP contribution in [0.2, 0.25) is 0 Å². The summed E-state index contributed by atoms with van der Waals surface area (Å²) in [5.41, 5.74) is 5.73. The molecule has 2 N–H and O–H groups in total. The summed E-state index contributed by atoms with van der Waals surface area (Å²) in [7, 11) is -2.08. The number of rotatable bonds is 2. The van der Waals surface area contributed by atoms with Crippen LogP contribution in [-0.4, -0.2) is 56.8 Å². The summed E-state index contributed by atoms with van der Waals surface area (Å²) in [6.45, 7) is 0.677. The van der Waals surface area contributed by atoms with Gasteiger partial charge in [-0.2, -0.15) is 4.31 Å². The SMILES string of the molecule is CN1CCN(S(=O)(=O)c2ccccc2C#CCN)CC1=O. The van der Waals surface area contributed by atoms with Gasteiger partial charge in [-0.1, -0.05) is 24.0 Å². The molecule has 1 amide bonds. The van der Waals surface area contributed by atoms with Crippen molar-refractivity contribution in [2.45, 2.75) is 4.90 Å². The summed E-state index contributed by atoms with van der Waals surface area (Å²) < 4.78 is 26.6. The fraction of sp³-hybridized carbons (Fsp3) is 0.357. The Morgan fingerprint density at radius 3 is 2.67 bits per heavy atom. The molecule has 0 unspecified atom stereocenters. The van der Waals surface area contributed by atoms with Crippen molar-refractivity contribution >= 4 is 15.9 Å². The van der Waals surface area contributed by atoms with Gasteiger partial charge in [0.1, 0.15) is 0 Å². The summed E-state index contributed by atoms with van der Waals surface area (Å²) in [4.78, 5) is 13.3. The Bertz CT molecular complexity index is 704. The molecular formula is C14H17N3O3S. The van der Waals surface area contributed by atoms with Crippen molar-refractivity contribution in [2.24, 2.45) is 5.73 Å². The largest absolute Gasteiger partial charge is 0.343 e. The van der Waals surface area contributed by atoms with Crippen molar-refractivity contribution < 1.29 is 13.2 Å². The molecule has 0 bridgehead atoms. The van der Waals surface area contributed by atoms with Gasteiger partial charge in [0, 0.05) is 25.7 Å². The first kappa shape index (κ1) is 15.5. The van der Waals surface area contributed by atoms with Crippen LogP contribution in [0.1, 0.15) is 5.56 Å². The molecule has 112 valence electrons. The van der Waals surface area contributed by atoms with Crippen LogP contribution in [0.4, 0.5) is 0 Å². The van der Waals surface area contributed by atoms with Gasteiger partial charge in [-0.3, -0.25) is 4.79 Å². The van der Waals surface area contributed by atoms with Crippen LogP contribution in [0.5, 0.6) is 0 Å². The van der Waals surface area contributed by atoms with E-state index in [4.69, 9.17) is 5.73 Å². The Morgan fingerprint density at radius 1 is 1.29 bits per heavy atom. The first-order valence-corrected chi connectivity index (χ1v) is 7.93. The van der Waals surface area contributed by atoms with Gasteiger partial charge in [-0.15, -0.1) is 0 Å². The standard InChI is InChI=1S/C14H17N3O3S/c1-16-9-10-17(11-14(16)18)21(19,20)13-7-3-2-5-12(13)6-4-8-15/h2-3,5,7H,8-11,15H2,1H3. The molecule has 1 fully saturated rings. The zero-order valence-corrected chi connectivity index (χ0v) is 12.6. The van der Waals surface area contributed by atoms with Crippen molar-refractivity contribution in [1.82, 2.24) is 9.21 Å². The summed E-state index contributed by atoms with van der Waals surface area (Å²) in [5.74, 6) is 5.20. The molecule has 0 saturated carbocycles. The number of nitrogens with two attached hydrogens (primary N) is 1. The molecule has 7 heteroatoms. The molecule has 0 atom stereocenters. The summed E-state index contributed by atoms with van der Waals surface area (Å²) >= 11 is 0. The summed E-state index contributed by atoms with van der Waals surface area (Å²) in [6, 6.07) is 6.49. The van der Waals surface area contributed by atoms with E-state index < -0.39 is 10.0 Å². The lowest BCUT2D eigenvalue weighted by Gasteiger charge is -2.31. The second kappa shape index (κ2) is 6.26. The zero-order chi connectivity index (χ0) is 15.5. The molecule has 1 aliphatic heterocycles. The molecule has 6 nitrogen and oxygen atoms in total. The normalized spacial score (nSPS) is 16.5. The minimum Gasteiger partial charge on any atom is -0.343 e. The number of nitrogens with zero attached hydrogens (tertiary/aromatic N) is 2. The third-order valence-electron chi connectivity index (χ3n) is 3.25. The monoisotopic (exact) mass is 307 g/mol. The van der Waals surface area contributed by atoms with Gasteiger partial charge in [-0.05, 0) is 12.1 Å². The van der Waals surface area contributed by atoms with Crippen LogP contribution in [0.25, 0.3) is 0 Å². The lowest BCUT2D eigenvalue weighted by atomic mass is 10.2. The highest BCUT2D eigenvalue weighted by Gasteiger charge is 2.32. The molecule has 0 aromatic heterocycles. The maximum absolute atomic E-state index is 12.7. The average molecular weight is 307 g/mol. The number of likely N-dealkylation sites (N-methyl/N-ethyl adjacent to an activating group) is 1. The van der Waals surface area contributed by atoms with Crippen molar-refractivity contribution in [3.8, 4) is 11.8 Å². The minimum atomic E-state index is -3.74. The highest BCUT2D eigenvalue weighted by Crippen LogP contribution is 2.21. The Balaban J connectivity index is 2.38. The van der Waals surface area contributed by atoms with Gasteiger partial charge >= 0.3 is 0 Å². The second-order valence-corrected chi connectivity index (χ2v) is 6.56. The average Bonchev–Trinajstić information content (AvgIpc) is 2.48. The number of carbonyl (C=O) groups excluding carboxylic acids is 1. The number of benzene rings is 1. The van der Waals surface area contributed by atoms with Gasteiger partial charge in [0.05, 0.1) is 18.0 Å². The van der Waals surface area contributed by atoms with E-state index >= 15 is 0 Å². The van der Waals surface area contributed by atoms with E-state index in [0.29, 0.717) is 12.1 Å². The molecule has 0 spiro atoms. The number of amides is 1. The maximum Gasteiger partial charge on any atom is 0.244 e. The molecular weight excluding hydrogens is 290 g/mol.